The molecule has 0 atom stereocenters. The summed E-state index contributed by atoms with van der Waals surface area (Å²) in [7, 11) is -3.04. The molecular weight excluding hydrogens is 208 g/mol. The fourth-order valence-corrected chi connectivity index (χ4v) is 3.88. The molecule has 0 amide bonds. The quantitative estimate of drug-likeness (QED) is 0.765. The average molecular weight is 218 g/mol. The Morgan fingerprint density at radius 3 is 2.77 bits per heavy atom. The normalized spacial score (nSPS) is 18.5. The second-order valence-corrected chi connectivity index (χ2v) is 6.33. The van der Waals surface area contributed by atoms with Crippen molar-refractivity contribution in [2.45, 2.75) is 4.21 Å². The van der Waals surface area contributed by atoms with E-state index in [9.17, 15) is 8.42 Å². The molecule has 1 fully saturated rings. The largest absolute Gasteiger partial charge is 0.381 e. The molecule has 1 aromatic rings. The van der Waals surface area contributed by atoms with Crippen molar-refractivity contribution in [1.29, 1.82) is 0 Å². The minimum absolute atomic E-state index is 0.201. The summed E-state index contributed by atoms with van der Waals surface area (Å²) in [5.41, 5.74) is 0. The van der Waals surface area contributed by atoms with E-state index in [0.717, 1.165) is 0 Å². The first-order valence-corrected chi connectivity index (χ1v) is 6.56. The van der Waals surface area contributed by atoms with Crippen molar-refractivity contribution in [2.24, 2.45) is 5.92 Å². The van der Waals surface area contributed by atoms with E-state index in [0.29, 0.717) is 17.4 Å². The highest BCUT2D eigenvalue weighted by atomic mass is 32.2. The minimum atomic E-state index is -3.04. The van der Waals surface area contributed by atoms with Crippen LogP contribution in [0.3, 0.4) is 0 Å². The Morgan fingerprint density at radius 1 is 1.54 bits per heavy atom. The van der Waals surface area contributed by atoms with Crippen molar-refractivity contribution >= 4 is 21.2 Å². The first-order chi connectivity index (χ1) is 6.18. The Balaban J connectivity index is 2.12. The summed E-state index contributed by atoms with van der Waals surface area (Å²) in [6.07, 6.45) is 0. The number of thiophene rings is 1. The Labute approximate surface area is 81.3 Å². The van der Waals surface area contributed by atoms with Gasteiger partial charge in [0.2, 0.25) is 0 Å². The molecule has 5 heteroatoms. The van der Waals surface area contributed by atoms with Crippen LogP contribution in [-0.4, -0.2) is 27.4 Å². The molecular formula is C8H10O3S2. The van der Waals surface area contributed by atoms with E-state index >= 15 is 0 Å². The van der Waals surface area contributed by atoms with Crippen LogP contribution in [-0.2, 0) is 14.6 Å². The predicted octanol–water partition coefficient (Wildman–Crippen LogP) is 1.17. The van der Waals surface area contributed by atoms with Crippen LogP contribution in [0, 0.1) is 5.92 Å². The Morgan fingerprint density at radius 2 is 2.31 bits per heavy atom. The average Bonchev–Trinajstić information content (AvgIpc) is 2.49. The minimum Gasteiger partial charge on any atom is -0.381 e. The molecule has 1 aliphatic rings. The molecule has 72 valence electrons. The summed E-state index contributed by atoms with van der Waals surface area (Å²) in [6, 6.07) is 3.41. The number of sulfone groups is 1. The molecule has 2 rings (SSSR count). The van der Waals surface area contributed by atoms with Crippen LogP contribution < -0.4 is 0 Å². The van der Waals surface area contributed by atoms with E-state index < -0.39 is 9.84 Å². The van der Waals surface area contributed by atoms with Gasteiger partial charge in [0.05, 0.1) is 19.0 Å². The lowest BCUT2D eigenvalue weighted by Crippen LogP contribution is -2.33. The van der Waals surface area contributed by atoms with Crippen LogP contribution in [0.1, 0.15) is 0 Å². The Hall–Kier alpha value is -0.390. The highest BCUT2D eigenvalue weighted by molar-refractivity contribution is 7.93. The van der Waals surface area contributed by atoms with Gasteiger partial charge in [-0.1, -0.05) is 6.07 Å². The zero-order valence-corrected chi connectivity index (χ0v) is 8.60. The van der Waals surface area contributed by atoms with E-state index in [1.165, 1.54) is 11.3 Å². The number of ether oxygens (including phenoxy) is 1. The molecule has 0 saturated carbocycles. The summed E-state index contributed by atoms with van der Waals surface area (Å²) < 4.78 is 28.7. The molecule has 0 unspecified atom stereocenters. The van der Waals surface area contributed by atoms with Crippen LogP contribution in [0.5, 0.6) is 0 Å². The molecule has 0 bridgehead atoms. The fourth-order valence-electron chi connectivity index (χ4n) is 1.21. The molecule has 13 heavy (non-hydrogen) atoms. The molecule has 0 aromatic carbocycles. The topological polar surface area (TPSA) is 43.4 Å². The van der Waals surface area contributed by atoms with Gasteiger partial charge in [-0.15, -0.1) is 11.3 Å². The first-order valence-electron chi connectivity index (χ1n) is 4.02. The van der Waals surface area contributed by atoms with Crippen LogP contribution in [0.2, 0.25) is 0 Å². The summed E-state index contributed by atoms with van der Waals surface area (Å²) in [6.45, 7) is 1.18. The van der Waals surface area contributed by atoms with Crippen molar-refractivity contribution in [2.75, 3.05) is 19.0 Å². The van der Waals surface area contributed by atoms with Gasteiger partial charge in [-0.2, -0.15) is 0 Å². The summed E-state index contributed by atoms with van der Waals surface area (Å²) >= 11 is 1.28. The molecule has 0 N–H and O–H groups in total. The van der Waals surface area contributed by atoms with Crippen molar-refractivity contribution in [3.8, 4) is 0 Å². The van der Waals surface area contributed by atoms with Crippen LogP contribution in [0.15, 0.2) is 21.7 Å². The fraction of sp³-hybridized carbons (Fsp3) is 0.500. The van der Waals surface area contributed by atoms with E-state index in [2.05, 4.69) is 0 Å². The number of hydrogen-bond acceptors (Lipinski definition) is 4. The first kappa shape index (κ1) is 9.18. The molecule has 1 aromatic heterocycles. The maximum Gasteiger partial charge on any atom is 0.188 e. The number of rotatable bonds is 3. The lowest BCUT2D eigenvalue weighted by atomic mass is 10.1. The van der Waals surface area contributed by atoms with E-state index in [4.69, 9.17) is 4.74 Å². The summed E-state index contributed by atoms with van der Waals surface area (Å²) in [4.78, 5) is 0. The lowest BCUT2D eigenvalue weighted by Gasteiger charge is -2.25. The molecule has 1 aliphatic heterocycles. The van der Waals surface area contributed by atoms with Gasteiger partial charge in [0.25, 0.3) is 0 Å². The number of hydrogen-bond donors (Lipinski definition) is 0. The van der Waals surface area contributed by atoms with Gasteiger partial charge in [-0.25, -0.2) is 8.42 Å². The van der Waals surface area contributed by atoms with Crippen LogP contribution >= 0.6 is 11.3 Å². The molecule has 1 saturated heterocycles. The highest BCUT2D eigenvalue weighted by Crippen LogP contribution is 2.22. The Bertz CT molecular complexity index is 362. The molecule has 0 spiro atoms. The molecule has 3 nitrogen and oxygen atoms in total. The highest BCUT2D eigenvalue weighted by Gasteiger charge is 2.27. The van der Waals surface area contributed by atoms with E-state index in [1.807, 2.05) is 0 Å². The summed E-state index contributed by atoms with van der Waals surface area (Å²) in [5.74, 6) is 0.431. The van der Waals surface area contributed by atoms with Gasteiger partial charge in [0, 0.05) is 5.92 Å². The molecule has 0 radical (unpaired) electrons. The van der Waals surface area contributed by atoms with Crippen molar-refractivity contribution in [3.05, 3.63) is 17.5 Å². The van der Waals surface area contributed by atoms with Crippen LogP contribution in [0.4, 0.5) is 0 Å². The van der Waals surface area contributed by atoms with E-state index in [-0.39, 0.29) is 11.7 Å². The third-order valence-corrected chi connectivity index (χ3v) is 5.34. The standard InChI is InChI=1S/C8H10O3S2/c9-13(10,6-7-4-11-5-7)8-2-1-3-12-8/h1-3,7H,4-6H2. The zero-order chi connectivity index (χ0) is 9.31. The third-order valence-electron chi connectivity index (χ3n) is 1.96. The monoisotopic (exact) mass is 218 g/mol. The van der Waals surface area contributed by atoms with Gasteiger partial charge in [-0.05, 0) is 11.4 Å². The van der Waals surface area contributed by atoms with Crippen molar-refractivity contribution in [1.82, 2.24) is 0 Å². The maximum atomic E-state index is 11.7. The second-order valence-electron chi connectivity index (χ2n) is 3.12. The SMILES string of the molecule is O=S(=O)(CC1COC1)c1cccs1. The van der Waals surface area contributed by atoms with Gasteiger partial charge in [0.1, 0.15) is 4.21 Å². The van der Waals surface area contributed by atoms with Crippen LogP contribution in [0.25, 0.3) is 0 Å². The van der Waals surface area contributed by atoms with Crippen molar-refractivity contribution < 1.29 is 13.2 Å². The second kappa shape index (κ2) is 3.40. The lowest BCUT2D eigenvalue weighted by molar-refractivity contribution is -0.0204. The van der Waals surface area contributed by atoms with Gasteiger partial charge >= 0.3 is 0 Å². The van der Waals surface area contributed by atoms with Crippen molar-refractivity contribution in [3.63, 3.8) is 0 Å². The molecule has 0 aliphatic carbocycles. The molecule has 2 heterocycles. The maximum absolute atomic E-state index is 11.7. The van der Waals surface area contributed by atoms with Gasteiger partial charge in [0.15, 0.2) is 9.84 Å². The van der Waals surface area contributed by atoms with Gasteiger partial charge in [-0.3, -0.25) is 0 Å². The van der Waals surface area contributed by atoms with Gasteiger partial charge < -0.3 is 4.74 Å². The summed E-state index contributed by atoms with van der Waals surface area (Å²) in [5, 5.41) is 1.78. The van der Waals surface area contributed by atoms with E-state index in [1.54, 1.807) is 17.5 Å². The smallest absolute Gasteiger partial charge is 0.188 e. The predicted molar refractivity (Wildman–Crippen MR) is 50.7 cm³/mol. The zero-order valence-electron chi connectivity index (χ0n) is 6.97. The third kappa shape index (κ3) is 1.92. The Kier molecular flexibility index (Phi) is 2.40.